The first kappa shape index (κ1) is 13.7. The number of carbonyl (C=O) groups excluding carboxylic acids is 2. The van der Waals surface area contributed by atoms with Crippen molar-refractivity contribution in [1.29, 1.82) is 0 Å². The molecule has 0 fully saturated rings. The highest BCUT2D eigenvalue weighted by atomic mass is 16.5. The predicted octanol–water partition coefficient (Wildman–Crippen LogP) is 1.02. The number of aromatic nitrogens is 2. The molecule has 0 radical (unpaired) electrons. The van der Waals surface area contributed by atoms with Crippen LogP contribution in [0.3, 0.4) is 0 Å². The van der Waals surface area contributed by atoms with E-state index in [4.69, 9.17) is 4.52 Å². The molecule has 2 aromatic rings. The average molecular weight is 274 g/mol. The zero-order chi connectivity index (χ0) is 14.4. The highest BCUT2D eigenvalue weighted by Crippen LogP contribution is 2.07. The molecule has 0 aliphatic heterocycles. The molecule has 2 N–H and O–H groups in total. The van der Waals surface area contributed by atoms with E-state index >= 15 is 0 Å². The number of rotatable bonds is 5. The minimum Gasteiger partial charge on any atom is -0.360 e. The van der Waals surface area contributed by atoms with E-state index in [1.54, 1.807) is 37.5 Å². The first-order chi connectivity index (χ1) is 9.63. The summed E-state index contributed by atoms with van der Waals surface area (Å²) in [6, 6.07) is 5.16. The number of nitrogens with one attached hydrogen (secondary N) is 2. The van der Waals surface area contributed by atoms with Crippen molar-refractivity contribution in [3.63, 3.8) is 0 Å². The molecule has 0 spiro atoms. The predicted molar refractivity (Wildman–Crippen MR) is 70.6 cm³/mol. The monoisotopic (exact) mass is 274 g/mol. The summed E-state index contributed by atoms with van der Waals surface area (Å²) in [7, 11) is 0. The maximum absolute atomic E-state index is 11.6. The Labute approximate surface area is 115 Å². The van der Waals surface area contributed by atoms with Crippen molar-refractivity contribution in [3.8, 4) is 0 Å². The maximum atomic E-state index is 11.6. The van der Waals surface area contributed by atoms with Gasteiger partial charge in [0.05, 0.1) is 0 Å². The van der Waals surface area contributed by atoms with E-state index in [9.17, 15) is 9.59 Å². The molecular formula is C13H14N4O3. The molecule has 2 aromatic heterocycles. The standard InChI is InChI=1S/C13H14N4O3/c1-9-6-11(17-20-9)16-13(19)7-12(18)15-8-10-2-4-14-5-3-10/h2-6H,7-8H2,1H3,(H,15,18)(H,16,17,19). The minimum absolute atomic E-state index is 0.267. The normalized spacial score (nSPS) is 10.1. The van der Waals surface area contributed by atoms with Gasteiger partial charge in [-0.1, -0.05) is 5.16 Å². The molecule has 0 aliphatic rings. The molecule has 2 heterocycles. The van der Waals surface area contributed by atoms with Crippen LogP contribution in [0, 0.1) is 6.92 Å². The number of hydrogen-bond donors (Lipinski definition) is 2. The van der Waals surface area contributed by atoms with Crippen molar-refractivity contribution in [2.45, 2.75) is 19.9 Å². The van der Waals surface area contributed by atoms with Crippen molar-refractivity contribution in [2.75, 3.05) is 5.32 Å². The zero-order valence-electron chi connectivity index (χ0n) is 10.9. The van der Waals surface area contributed by atoms with Gasteiger partial charge in [-0.25, -0.2) is 0 Å². The van der Waals surface area contributed by atoms with Gasteiger partial charge in [-0.05, 0) is 24.6 Å². The van der Waals surface area contributed by atoms with Crippen molar-refractivity contribution >= 4 is 17.6 Å². The first-order valence-electron chi connectivity index (χ1n) is 6.02. The van der Waals surface area contributed by atoms with Crippen LogP contribution in [0.2, 0.25) is 0 Å². The Kier molecular flexibility index (Phi) is 4.43. The van der Waals surface area contributed by atoms with Crippen molar-refractivity contribution in [2.24, 2.45) is 0 Å². The van der Waals surface area contributed by atoms with Crippen molar-refractivity contribution in [3.05, 3.63) is 41.9 Å². The number of hydrogen-bond acceptors (Lipinski definition) is 5. The summed E-state index contributed by atoms with van der Waals surface area (Å²) in [5.74, 6) is 0.0851. The number of anilines is 1. The third-order valence-corrected chi connectivity index (χ3v) is 2.46. The lowest BCUT2D eigenvalue weighted by atomic mass is 10.2. The van der Waals surface area contributed by atoms with E-state index in [1.165, 1.54) is 0 Å². The summed E-state index contributed by atoms with van der Waals surface area (Å²) in [6.07, 6.45) is 3.01. The second-order valence-electron chi connectivity index (χ2n) is 4.18. The van der Waals surface area contributed by atoms with Gasteiger partial charge < -0.3 is 15.2 Å². The molecule has 0 saturated heterocycles. The Hall–Kier alpha value is -2.70. The molecule has 2 rings (SSSR count). The third-order valence-electron chi connectivity index (χ3n) is 2.46. The molecule has 0 bridgehead atoms. The van der Waals surface area contributed by atoms with Crippen LogP contribution in [0.25, 0.3) is 0 Å². The molecule has 104 valence electrons. The van der Waals surface area contributed by atoms with Crippen LogP contribution in [0.1, 0.15) is 17.7 Å². The van der Waals surface area contributed by atoms with Gasteiger partial charge in [-0.2, -0.15) is 0 Å². The molecule has 7 nitrogen and oxygen atoms in total. The van der Waals surface area contributed by atoms with Crippen LogP contribution < -0.4 is 10.6 Å². The molecule has 0 atom stereocenters. The Bertz CT molecular complexity index is 595. The lowest BCUT2D eigenvalue weighted by Crippen LogP contribution is -2.27. The lowest BCUT2D eigenvalue weighted by Gasteiger charge is -2.04. The minimum atomic E-state index is -0.439. The van der Waals surface area contributed by atoms with E-state index in [-0.39, 0.29) is 12.3 Å². The smallest absolute Gasteiger partial charge is 0.235 e. The van der Waals surface area contributed by atoms with E-state index in [0.717, 1.165) is 5.56 Å². The fourth-order valence-corrected chi connectivity index (χ4v) is 1.52. The van der Waals surface area contributed by atoms with Gasteiger partial charge in [0.15, 0.2) is 5.82 Å². The summed E-state index contributed by atoms with van der Waals surface area (Å²) in [4.78, 5) is 27.0. The Morgan fingerprint density at radius 1 is 1.25 bits per heavy atom. The Morgan fingerprint density at radius 2 is 2.00 bits per heavy atom. The zero-order valence-corrected chi connectivity index (χ0v) is 10.9. The molecule has 7 heteroatoms. The van der Waals surface area contributed by atoms with E-state index in [2.05, 4.69) is 20.8 Å². The van der Waals surface area contributed by atoms with E-state index < -0.39 is 5.91 Å². The molecule has 2 amide bonds. The van der Waals surface area contributed by atoms with Crippen molar-refractivity contribution in [1.82, 2.24) is 15.5 Å². The first-order valence-corrected chi connectivity index (χ1v) is 6.02. The SMILES string of the molecule is Cc1cc(NC(=O)CC(=O)NCc2ccncc2)no1. The molecule has 0 saturated carbocycles. The summed E-state index contributed by atoms with van der Waals surface area (Å²) >= 11 is 0. The number of aryl methyl sites for hydroxylation is 1. The van der Waals surface area contributed by atoms with Gasteiger partial charge in [0.25, 0.3) is 0 Å². The molecule has 0 unspecified atom stereocenters. The van der Waals surface area contributed by atoms with Crippen LogP contribution in [-0.2, 0) is 16.1 Å². The highest BCUT2D eigenvalue weighted by Gasteiger charge is 2.11. The average Bonchev–Trinajstić information content (AvgIpc) is 2.83. The Balaban J connectivity index is 1.75. The highest BCUT2D eigenvalue weighted by molar-refractivity contribution is 6.03. The van der Waals surface area contributed by atoms with Crippen LogP contribution >= 0.6 is 0 Å². The molecule has 0 aromatic carbocycles. The maximum Gasteiger partial charge on any atom is 0.235 e. The van der Waals surface area contributed by atoms with Gasteiger partial charge >= 0.3 is 0 Å². The Morgan fingerprint density at radius 3 is 2.65 bits per heavy atom. The van der Waals surface area contributed by atoms with Gasteiger partial charge in [0.1, 0.15) is 12.2 Å². The second kappa shape index (κ2) is 6.46. The number of amides is 2. The van der Waals surface area contributed by atoms with Crippen LogP contribution in [0.15, 0.2) is 35.1 Å². The van der Waals surface area contributed by atoms with Crippen molar-refractivity contribution < 1.29 is 14.1 Å². The van der Waals surface area contributed by atoms with Gasteiger partial charge in [-0.3, -0.25) is 14.6 Å². The van der Waals surface area contributed by atoms with E-state index in [0.29, 0.717) is 18.1 Å². The summed E-state index contributed by atoms with van der Waals surface area (Å²) in [5.41, 5.74) is 0.917. The fourth-order valence-electron chi connectivity index (χ4n) is 1.52. The number of carbonyl (C=O) groups is 2. The fraction of sp³-hybridized carbons (Fsp3) is 0.231. The topological polar surface area (TPSA) is 97.1 Å². The van der Waals surface area contributed by atoms with Gasteiger partial charge in [0, 0.05) is 25.0 Å². The lowest BCUT2D eigenvalue weighted by molar-refractivity contribution is -0.126. The summed E-state index contributed by atoms with van der Waals surface area (Å²) < 4.78 is 4.80. The summed E-state index contributed by atoms with van der Waals surface area (Å²) in [5, 5.41) is 8.74. The van der Waals surface area contributed by atoms with E-state index in [1.807, 2.05) is 0 Å². The third kappa shape index (κ3) is 4.20. The van der Waals surface area contributed by atoms with Gasteiger partial charge in [-0.15, -0.1) is 0 Å². The van der Waals surface area contributed by atoms with Gasteiger partial charge in [0.2, 0.25) is 11.8 Å². The van der Waals surface area contributed by atoms with Crippen LogP contribution in [0.5, 0.6) is 0 Å². The van der Waals surface area contributed by atoms with Crippen LogP contribution in [0.4, 0.5) is 5.82 Å². The molecule has 20 heavy (non-hydrogen) atoms. The number of nitrogens with zero attached hydrogens (tertiary/aromatic N) is 2. The second-order valence-corrected chi connectivity index (χ2v) is 4.18. The number of pyridine rings is 1. The van der Waals surface area contributed by atoms with Crippen LogP contribution in [-0.4, -0.2) is 22.0 Å². The molecule has 0 aliphatic carbocycles. The quantitative estimate of drug-likeness (QED) is 0.793. The molecular weight excluding hydrogens is 260 g/mol. The summed E-state index contributed by atoms with van der Waals surface area (Å²) in [6.45, 7) is 2.07. The largest absolute Gasteiger partial charge is 0.360 e.